The van der Waals surface area contributed by atoms with Crippen molar-refractivity contribution in [3.8, 4) is 0 Å². The topological polar surface area (TPSA) is 79.3 Å². The largest absolute Gasteiger partial charge is 0.478 e. The zero-order valence-electron chi connectivity index (χ0n) is 14.7. The van der Waals surface area contributed by atoms with Gasteiger partial charge in [-0.1, -0.05) is 32.9 Å². The summed E-state index contributed by atoms with van der Waals surface area (Å²) in [6.45, 7) is 8.24. The summed E-state index contributed by atoms with van der Waals surface area (Å²) in [4.78, 5) is 15.9. The fraction of sp³-hybridized carbons (Fsp3) is 0.263. The minimum absolute atomic E-state index is 0.182. The minimum Gasteiger partial charge on any atom is -0.478 e. The van der Waals surface area contributed by atoms with Gasteiger partial charge in [0.2, 0.25) is 0 Å². The molecule has 1 N–H and O–H groups in total. The third kappa shape index (κ3) is 3.28. The second-order valence-corrected chi connectivity index (χ2v) is 6.97. The molecule has 0 amide bonds. The van der Waals surface area contributed by atoms with Crippen molar-refractivity contribution in [2.24, 2.45) is 10.2 Å². The number of benzene rings is 1. The molecule has 0 aliphatic rings. The molecular formula is C19H20N4O2. The smallest absolute Gasteiger partial charge is 0.335 e. The van der Waals surface area contributed by atoms with Crippen molar-refractivity contribution in [3.05, 3.63) is 59.4 Å². The SMILES string of the molecule is Cc1cccn2c(N=Nc3cccc(C(=O)O)c3)c(C(C)(C)C)nc12. The van der Waals surface area contributed by atoms with Crippen molar-refractivity contribution in [1.82, 2.24) is 9.38 Å². The first-order valence-electron chi connectivity index (χ1n) is 8.00. The predicted octanol–water partition coefficient (Wildman–Crippen LogP) is 5.05. The number of hydrogen-bond donors (Lipinski definition) is 1. The van der Waals surface area contributed by atoms with Gasteiger partial charge in [-0.25, -0.2) is 9.78 Å². The maximum absolute atomic E-state index is 11.1. The van der Waals surface area contributed by atoms with E-state index in [2.05, 4.69) is 31.0 Å². The molecule has 0 unspecified atom stereocenters. The Morgan fingerprint density at radius 3 is 2.60 bits per heavy atom. The van der Waals surface area contributed by atoms with Gasteiger partial charge in [-0.2, -0.15) is 0 Å². The Labute approximate surface area is 145 Å². The highest BCUT2D eigenvalue weighted by molar-refractivity contribution is 5.88. The van der Waals surface area contributed by atoms with Crippen molar-refractivity contribution in [1.29, 1.82) is 0 Å². The van der Waals surface area contributed by atoms with E-state index in [4.69, 9.17) is 10.1 Å². The van der Waals surface area contributed by atoms with E-state index in [1.807, 2.05) is 29.7 Å². The summed E-state index contributed by atoms with van der Waals surface area (Å²) in [5, 5.41) is 17.7. The van der Waals surface area contributed by atoms with E-state index in [1.165, 1.54) is 12.1 Å². The lowest BCUT2D eigenvalue weighted by molar-refractivity contribution is 0.0697. The van der Waals surface area contributed by atoms with Crippen LogP contribution in [-0.4, -0.2) is 20.5 Å². The number of fused-ring (bicyclic) bond motifs is 1. The second-order valence-electron chi connectivity index (χ2n) is 6.97. The normalized spacial score (nSPS) is 12.2. The summed E-state index contributed by atoms with van der Waals surface area (Å²) in [5.41, 5.74) is 3.22. The van der Waals surface area contributed by atoms with Crippen LogP contribution in [0.15, 0.2) is 52.8 Å². The Hall–Kier alpha value is -3.02. The molecule has 0 spiro atoms. The molecule has 2 aromatic heterocycles. The zero-order chi connectivity index (χ0) is 18.2. The number of imidazole rings is 1. The highest BCUT2D eigenvalue weighted by Gasteiger charge is 2.24. The van der Waals surface area contributed by atoms with E-state index in [0.29, 0.717) is 11.5 Å². The number of nitrogens with zero attached hydrogens (tertiary/aromatic N) is 4. The number of pyridine rings is 1. The summed E-state index contributed by atoms with van der Waals surface area (Å²) in [6.07, 6.45) is 1.91. The molecule has 0 aliphatic heterocycles. The lowest BCUT2D eigenvalue weighted by Crippen LogP contribution is -2.11. The van der Waals surface area contributed by atoms with Gasteiger partial charge in [-0.15, -0.1) is 10.2 Å². The third-order valence-corrected chi connectivity index (χ3v) is 3.88. The van der Waals surface area contributed by atoms with Gasteiger partial charge in [-0.3, -0.25) is 4.40 Å². The summed E-state index contributed by atoms with van der Waals surface area (Å²) < 4.78 is 1.92. The standard InChI is InChI=1S/C19H20N4O2/c1-12-7-6-10-23-16(12)20-15(19(2,3)4)17(23)22-21-14-9-5-8-13(11-14)18(24)25/h5-11H,1-4H3,(H,24,25). The van der Waals surface area contributed by atoms with Gasteiger partial charge in [0.1, 0.15) is 5.65 Å². The highest BCUT2D eigenvalue weighted by Crippen LogP contribution is 2.33. The lowest BCUT2D eigenvalue weighted by Gasteiger charge is -2.15. The molecule has 3 aromatic rings. The minimum atomic E-state index is -0.988. The first-order valence-corrected chi connectivity index (χ1v) is 8.00. The van der Waals surface area contributed by atoms with Crippen LogP contribution in [-0.2, 0) is 5.41 Å². The van der Waals surface area contributed by atoms with Crippen LogP contribution in [0.25, 0.3) is 5.65 Å². The van der Waals surface area contributed by atoms with Crippen molar-refractivity contribution < 1.29 is 9.90 Å². The summed E-state index contributed by atoms with van der Waals surface area (Å²) in [7, 11) is 0. The number of carbonyl (C=O) groups is 1. The van der Waals surface area contributed by atoms with Gasteiger partial charge < -0.3 is 5.11 Å². The molecule has 6 heteroatoms. The fourth-order valence-electron chi connectivity index (χ4n) is 2.60. The molecule has 0 radical (unpaired) electrons. The Balaban J connectivity index is 2.13. The maximum atomic E-state index is 11.1. The van der Waals surface area contributed by atoms with Crippen LogP contribution in [0.2, 0.25) is 0 Å². The average Bonchev–Trinajstić information content (AvgIpc) is 2.93. The number of hydrogen-bond acceptors (Lipinski definition) is 4. The van der Waals surface area contributed by atoms with E-state index >= 15 is 0 Å². The first kappa shape index (κ1) is 16.8. The lowest BCUT2D eigenvalue weighted by atomic mass is 9.92. The van der Waals surface area contributed by atoms with E-state index in [-0.39, 0.29) is 11.0 Å². The van der Waals surface area contributed by atoms with Crippen molar-refractivity contribution >= 4 is 23.1 Å². The Morgan fingerprint density at radius 1 is 1.16 bits per heavy atom. The molecule has 0 bridgehead atoms. The summed E-state index contributed by atoms with van der Waals surface area (Å²) in [6, 6.07) is 10.4. The molecule has 0 fully saturated rings. The number of azo groups is 1. The van der Waals surface area contributed by atoms with Crippen LogP contribution in [0.5, 0.6) is 0 Å². The predicted molar refractivity (Wildman–Crippen MR) is 96.2 cm³/mol. The Morgan fingerprint density at radius 2 is 1.92 bits per heavy atom. The van der Waals surface area contributed by atoms with Crippen molar-refractivity contribution in [2.75, 3.05) is 0 Å². The van der Waals surface area contributed by atoms with Crippen molar-refractivity contribution in [2.45, 2.75) is 33.1 Å². The van der Waals surface area contributed by atoms with Crippen molar-refractivity contribution in [3.63, 3.8) is 0 Å². The van der Waals surface area contributed by atoms with Gasteiger partial charge in [-0.05, 0) is 36.8 Å². The number of carboxylic acids is 1. The molecule has 25 heavy (non-hydrogen) atoms. The molecule has 3 rings (SSSR count). The molecule has 0 atom stereocenters. The molecule has 1 aromatic carbocycles. The molecule has 0 saturated carbocycles. The van der Waals surface area contributed by atoms with Gasteiger partial charge >= 0.3 is 5.97 Å². The van der Waals surface area contributed by atoms with Gasteiger partial charge in [0, 0.05) is 11.6 Å². The average molecular weight is 336 g/mol. The van der Waals surface area contributed by atoms with E-state index < -0.39 is 5.97 Å². The number of aromatic carboxylic acids is 1. The van der Waals surface area contributed by atoms with Crippen LogP contribution in [0.4, 0.5) is 11.5 Å². The van der Waals surface area contributed by atoms with Gasteiger partial charge in [0.25, 0.3) is 0 Å². The van der Waals surface area contributed by atoms with Crippen LogP contribution in [0.3, 0.4) is 0 Å². The molecule has 128 valence electrons. The van der Waals surface area contributed by atoms with E-state index in [1.54, 1.807) is 12.1 Å². The second kappa shape index (κ2) is 6.12. The van der Waals surface area contributed by atoms with E-state index in [9.17, 15) is 4.79 Å². The van der Waals surface area contributed by atoms with Gasteiger partial charge in [0.15, 0.2) is 5.82 Å². The maximum Gasteiger partial charge on any atom is 0.335 e. The molecule has 0 aliphatic carbocycles. The number of carboxylic acid groups (broad SMARTS) is 1. The van der Waals surface area contributed by atoms with Gasteiger partial charge in [0.05, 0.1) is 16.9 Å². The van der Waals surface area contributed by atoms with Crippen LogP contribution in [0.1, 0.15) is 42.4 Å². The number of aryl methyl sites for hydroxylation is 1. The molecule has 0 saturated heterocycles. The number of aromatic nitrogens is 2. The molecule has 6 nitrogen and oxygen atoms in total. The third-order valence-electron chi connectivity index (χ3n) is 3.88. The Bertz CT molecular complexity index is 981. The first-order chi connectivity index (χ1) is 11.8. The number of rotatable bonds is 3. The quantitative estimate of drug-likeness (QED) is 0.679. The summed E-state index contributed by atoms with van der Waals surface area (Å²) >= 11 is 0. The zero-order valence-corrected chi connectivity index (χ0v) is 14.7. The van der Waals surface area contributed by atoms with Crippen LogP contribution < -0.4 is 0 Å². The van der Waals surface area contributed by atoms with Crippen LogP contribution in [0, 0.1) is 6.92 Å². The summed E-state index contributed by atoms with van der Waals surface area (Å²) in [5.74, 6) is -0.329. The molecule has 2 heterocycles. The Kier molecular flexibility index (Phi) is 4.12. The van der Waals surface area contributed by atoms with E-state index in [0.717, 1.165) is 16.9 Å². The fourth-order valence-corrected chi connectivity index (χ4v) is 2.60. The monoisotopic (exact) mass is 336 g/mol. The van der Waals surface area contributed by atoms with Crippen LogP contribution >= 0.6 is 0 Å². The highest BCUT2D eigenvalue weighted by atomic mass is 16.4. The molecular weight excluding hydrogens is 316 g/mol.